The highest BCUT2D eigenvalue weighted by Gasteiger charge is 2.43. The summed E-state index contributed by atoms with van der Waals surface area (Å²) in [4.78, 5) is 22.9. The Morgan fingerprint density at radius 3 is 2.51 bits per heavy atom. The highest BCUT2D eigenvalue weighted by Crippen LogP contribution is 2.43. The second-order valence-electron chi connectivity index (χ2n) is 9.41. The van der Waals surface area contributed by atoms with Crippen molar-refractivity contribution in [3.05, 3.63) is 77.1 Å². The van der Waals surface area contributed by atoms with E-state index in [0.717, 1.165) is 50.0 Å². The molecule has 0 unspecified atom stereocenters. The molecule has 3 heterocycles. The minimum atomic E-state index is -0.574. The molecule has 6 nitrogen and oxygen atoms in total. The molecule has 3 aromatic carbocycles. The van der Waals surface area contributed by atoms with Gasteiger partial charge in [-0.15, -0.1) is 0 Å². The van der Waals surface area contributed by atoms with Crippen LogP contribution in [0.2, 0.25) is 0 Å². The van der Waals surface area contributed by atoms with E-state index >= 15 is 0 Å². The van der Waals surface area contributed by atoms with Crippen LogP contribution < -0.4 is 4.90 Å². The van der Waals surface area contributed by atoms with E-state index in [-0.39, 0.29) is 11.7 Å². The molecule has 0 spiro atoms. The van der Waals surface area contributed by atoms with Crippen LogP contribution in [-0.4, -0.2) is 32.6 Å². The first kappa shape index (κ1) is 21.3. The van der Waals surface area contributed by atoms with Gasteiger partial charge in [-0.05, 0) is 73.9 Å². The summed E-state index contributed by atoms with van der Waals surface area (Å²) in [6.07, 6.45) is 3.93. The topological polar surface area (TPSA) is 77.7 Å². The maximum atomic E-state index is 13.1. The number of likely N-dealkylation sites (N-methyl/N-ethyl adjacent to an activating group) is 1. The van der Waals surface area contributed by atoms with Gasteiger partial charge in [0.2, 0.25) is 5.91 Å². The normalized spacial score (nSPS) is 15.1. The highest BCUT2D eigenvalue weighted by molar-refractivity contribution is 6.09. The molecule has 1 amide bonds. The molecule has 2 N–H and O–H groups in total. The molecule has 0 saturated heterocycles. The van der Waals surface area contributed by atoms with E-state index in [9.17, 15) is 9.18 Å². The molecule has 0 atom stereocenters. The standard InChI is InChI=1S/C28H24FN5O/c1-4-34-24-15-23-22(14-20(24)28(2,3)27(34)35)30-26(31-23)25-19-12-9-17(13-21(19)32-33-25)6-5-16-7-10-18(29)11-8-16/h5-15H,4H2,1-3H3,(H,30,31)(H,32,33). The molecule has 1 aliphatic rings. The number of rotatable bonds is 4. The Morgan fingerprint density at radius 1 is 1.00 bits per heavy atom. The highest BCUT2D eigenvalue weighted by atomic mass is 19.1. The van der Waals surface area contributed by atoms with Crippen molar-refractivity contribution in [1.29, 1.82) is 0 Å². The molecule has 0 radical (unpaired) electrons. The van der Waals surface area contributed by atoms with Gasteiger partial charge in [0.15, 0.2) is 5.82 Å². The third-order valence-corrected chi connectivity index (χ3v) is 6.81. The minimum absolute atomic E-state index is 0.116. The number of nitrogens with zero attached hydrogens (tertiary/aromatic N) is 3. The number of carbonyl (C=O) groups excluding carboxylic acids is 1. The van der Waals surface area contributed by atoms with Crippen molar-refractivity contribution in [2.45, 2.75) is 26.2 Å². The first-order valence-corrected chi connectivity index (χ1v) is 11.6. The molecule has 0 saturated carbocycles. The van der Waals surface area contributed by atoms with Crippen LogP contribution in [0.1, 0.15) is 37.5 Å². The number of aromatic amines is 2. The number of hydrogen-bond donors (Lipinski definition) is 2. The van der Waals surface area contributed by atoms with Crippen molar-refractivity contribution in [2.75, 3.05) is 11.4 Å². The van der Waals surface area contributed by atoms with Gasteiger partial charge in [0.25, 0.3) is 0 Å². The second-order valence-corrected chi connectivity index (χ2v) is 9.41. The lowest BCUT2D eigenvalue weighted by Gasteiger charge is -2.18. The van der Waals surface area contributed by atoms with Crippen LogP contribution in [0.15, 0.2) is 54.6 Å². The number of aromatic nitrogens is 4. The molecular formula is C28H24FN5O. The van der Waals surface area contributed by atoms with Crippen LogP contribution in [0.4, 0.5) is 10.1 Å². The fraction of sp³-hybridized carbons (Fsp3) is 0.179. The Balaban J connectivity index is 1.36. The lowest BCUT2D eigenvalue weighted by molar-refractivity contribution is -0.122. The van der Waals surface area contributed by atoms with Crippen molar-refractivity contribution < 1.29 is 9.18 Å². The number of amides is 1. The number of benzene rings is 3. The number of hydrogen-bond acceptors (Lipinski definition) is 3. The molecule has 7 heteroatoms. The van der Waals surface area contributed by atoms with Crippen molar-refractivity contribution in [3.63, 3.8) is 0 Å². The number of halogens is 1. The van der Waals surface area contributed by atoms with Crippen LogP contribution in [0, 0.1) is 5.82 Å². The molecule has 35 heavy (non-hydrogen) atoms. The van der Waals surface area contributed by atoms with Gasteiger partial charge >= 0.3 is 0 Å². The second kappa shape index (κ2) is 7.63. The Kier molecular flexibility index (Phi) is 4.64. The summed E-state index contributed by atoms with van der Waals surface area (Å²) >= 11 is 0. The maximum Gasteiger partial charge on any atom is 0.237 e. The number of carbonyl (C=O) groups is 1. The Hall–Kier alpha value is -4.26. The average molecular weight is 466 g/mol. The third-order valence-electron chi connectivity index (χ3n) is 6.81. The van der Waals surface area contributed by atoms with Crippen LogP contribution in [0.25, 0.3) is 45.6 Å². The van der Waals surface area contributed by atoms with Gasteiger partial charge in [-0.2, -0.15) is 5.10 Å². The van der Waals surface area contributed by atoms with Gasteiger partial charge in [-0.3, -0.25) is 9.89 Å². The van der Waals surface area contributed by atoms with E-state index < -0.39 is 5.41 Å². The lowest BCUT2D eigenvalue weighted by Crippen LogP contribution is -2.35. The summed E-state index contributed by atoms with van der Waals surface area (Å²) in [6.45, 7) is 6.55. The monoisotopic (exact) mass is 465 g/mol. The van der Waals surface area contributed by atoms with E-state index in [1.807, 2.05) is 68.2 Å². The predicted molar refractivity (Wildman–Crippen MR) is 138 cm³/mol. The molecule has 6 rings (SSSR count). The SMILES string of the molecule is CCN1C(=O)C(C)(C)c2cc3nc(-c4n[nH]c5cc(C=Cc6ccc(F)cc6)ccc45)[nH]c3cc21. The third kappa shape index (κ3) is 3.34. The zero-order chi connectivity index (χ0) is 24.3. The van der Waals surface area contributed by atoms with E-state index in [1.165, 1.54) is 12.1 Å². The van der Waals surface area contributed by atoms with Gasteiger partial charge in [-0.1, -0.05) is 30.4 Å². The van der Waals surface area contributed by atoms with Gasteiger partial charge in [0, 0.05) is 11.9 Å². The zero-order valence-corrected chi connectivity index (χ0v) is 19.7. The van der Waals surface area contributed by atoms with Crippen molar-refractivity contribution in [2.24, 2.45) is 0 Å². The molecule has 0 bridgehead atoms. The van der Waals surface area contributed by atoms with Crippen molar-refractivity contribution in [1.82, 2.24) is 20.2 Å². The summed E-state index contributed by atoms with van der Waals surface area (Å²) in [5, 5.41) is 8.60. The predicted octanol–water partition coefficient (Wildman–Crippen LogP) is 6.06. The first-order chi connectivity index (χ1) is 16.8. The van der Waals surface area contributed by atoms with E-state index in [0.29, 0.717) is 12.4 Å². The molecule has 174 valence electrons. The largest absolute Gasteiger partial charge is 0.337 e. The van der Waals surface area contributed by atoms with Crippen LogP contribution in [0.5, 0.6) is 0 Å². The number of fused-ring (bicyclic) bond motifs is 3. The molecule has 0 fully saturated rings. The fourth-order valence-corrected chi connectivity index (χ4v) is 4.85. The van der Waals surface area contributed by atoms with E-state index in [1.54, 1.807) is 12.1 Å². The number of nitrogens with one attached hydrogen (secondary N) is 2. The number of anilines is 1. The lowest BCUT2D eigenvalue weighted by atomic mass is 9.86. The minimum Gasteiger partial charge on any atom is -0.337 e. The molecule has 2 aromatic heterocycles. The summed E-state index contributed by atoms with van der Waals surface area (Å²) < 4.78 is 13.1. The Labute approximate surface area is 201 Å². The first-order valence-electron chi connectivity index (χ1n) is 11.6. The van der Waals surface area contributed by atoms with Gasteiger partial charge < -0.3 is 9.88 Å². The number of imidazole rings is 1. The van der Waals surface area contributed by atoms with E-state index in [4.69, 9.17) is 4.98 Å². The average Bonchev–Trinajstić information content (AvgIpc) is 3.50. The zero-order valence-electron chi connectivity index (χ0n) is 19.7. The van der Waals surface area contributed by atoms with Gasteiger partial charge in [0.05, 0.1) is 27.7 Å². The van der Waals surface area contributed by atoms with Crippen molar-refractivity contribution >= 4 is 45.7 Å². The molecular weight excluding hydrogens is 441 g/mol. The van der Waals surface area contributed by atoms with Crippen molar-refractivity contribution in [3.8, 4) is 11.5 Å². The molecule has 1 aliphatic heterocycles. The summed E-state index contributed by atoms with van der Waals surface area (Å²) in [6, 6.07) is 16.5. The van der Waals surface area contributed by atoms with Crippen LogP contribution in [-0.2, 0) is 10.2 Å². The van der Waals surface area contributed by atoms with Crippen LogP contribution in [0.3, 0.4) is 0 Å². The summed E-state index contributed by atoms with van der Waals surface area (Å²) in [5.41, 5.74) is 6.62. The Morgan fingerprint density at radius 2 is 1.74 bits per heavy atom. The Bertz CT molecular complexity index is 1640. The number of H-pyrrole nitrogens is 2. The maximum absolute atomic E-state index is 13.1. The fourth-order valence-electron chi connectivity index (χ4n) is 4.85. The summed E-state index contributed by atoms with van der Waals surface area (Å²) in [5.74, 6) is 0.547. The summed E-state index contributed by atoms with van der Waals surface area (Å²) in [7, 11) is 0. The quantitative estimate of drug-likeness (QED) is 0.317. The van der Waals surface area contributed by atoms with E-state index in [2.05, 4.69) is 15.2 Å². The smallest absolute Gasteiger partial charge is 0.237 e. The molecule has 5 aromatic rings. The van der Waals surface area contributed by atoms with Crippen LogP contribution >= 0.6 is 0 Å². The van der Waals surface area contributed by atoms with Gasteiger partial charge in [0.1, 0.15) is 11.5 Å². The molecule has 0 aliphatic carbocycles. The van der Waals surface area contributed by atoms with Gasteiger partial charge in [-0.25, -0.2) is 9.37 Å².